The zero-order chi connectivity index (χ0) is 13.8. The number of carbonyl (C=O) groups is 2. The quantitative estimate of drug-likeness (QED) is 0.617. The first-order chi connectivity index (χ1) is 9.06. The van der Waals surface area contributed by atoms with E-state index in [1.807, 2.05) is 0 Å². The second kappa shape index (κ2) is 5.69. The highest BCUT2D eigenvalue weighted by Crippen LogP contribution is 2.27. The van der Waals surface area contributed by atoms with Gasteiger partial charge in [0.15, 0.2) is 6.61 Å². The molecule has 1 aromatic rings. The number of esters is 1. The van der Waals surface area contributed by atoms with Gasteiger partial charge in [-0.2, -0.15) is 0 Å². The van der Waals surface area contributed by atoms with Gasteiger partial charge in [0, 0.05) is 6.54 Å². The van der Waals surface area contributed by atoms with Gasteiger partial charge in [0.05, 0.1) is 11.3 Å². The van der Waals surface area contributed by atoms with Crippen LogP contribution in [0.5, 0.6) is 0 Å². The smallest absolute Gasteiger partial charge is 0.338 e. The van der Waals surface area contributed by atoms with Crippen LogP contribution in [0.15, 0.2) is 18.2 Å². The Balaban J connectivity index is 1.79. The Labute approximate surface area is 109 Å². The van der Waals surface area contributed by atoms with E-state index in [4.69, 9.17) is 10.5 Å². The Morgan fingerprint density at radius 2 is 2.16 bits per heavy atom. The molecule has 0 aliphatic heterocycles. The van der Waals surface area contributed by atoms with Crippen LogP contribution >= 0.6 is 0 Å². The van der Waals surface area contributed by atoms with Crippen molar-refractivity contribution >= 4 is 17.6 Å². The van der Waals surface area contributed by atoms with Crippen LogP contribution in [0.1, 0.15) is 23.2 Å². The van der Waals surface area contributed by atoms with Crippen molar-refractivity contribution in [2.45, 2.75) is 12.8 Å². The van der Waals surface area contributed by atoms with Crippen LogP contribution in [0, 0.1) is 11.7 Å². The molecule has 0 radical (unpaired) electrons. The molecule has 2 rings (SSSR count). The van der Waals surface area contributed by atoms with Gasteiger partial charge < -0.3 is 15.8 Å². The van der Waals surface area contributed by atoms with E-state index in [9.17, 15) is 14.0 Å². The van der Waals surface area contributed by atoms with Crippen molar-refractivity contribution in [1.82, 2.24) is 5.32 Å². The van der Waals surface area contributed by atoms with Gasteiger partial charge in [-0.15, -0.1) is 0 Å². The SMILES string of the molecule is Nc1cc(C(=O)OCC(=O)NCC2CC2)ccc1F. The maximum Gasteiger partial charge on any atom is 0.338 e. The predicted molar refractivity (Wildman–Crippen MR) is 66.8 cm³/mol. The lowest BCUT2D eigenvalue weighted by molar-refractivity contribution is -0.124. The molecule has 5 nitrogen and oxygen atoms in total. The molecule has 1 aliphatic carbocycles. The van der Waals surface area contributed by atoms with Crippen LogP contribution in [0.25, 0.3) is 0 Å². The molecule has 19 heavy (non-hydrogen) atoms. The maximum absolute atomic E-state index is 12.9. The average molecular weight is 266 g/mol. The molecule has 1 aliphatic rings. The number of hydrogen-bond acceptors (Lipinski definition) is 4. The fourth-order valence-corrected chi connectivity index (χ4v) is 1.52. The molecule has 102 valence electrons. The summed E-state index contributed by atoms with van der Waals surface area (Å²) in [5.74, 6) is -1.07. The Bertz CT molecular complexity index is 501. The van der Waals surface area contributed by atoms with Gasteiger partial charge in [0.25, 0.3) is 5.91 Å². The normalized spacial score (nSPS) is 13.9. The van der Waals surface area contributed by atoms with Crippen molar-refractivity contribution in [2.24, 2.45) is 5.92 Å². The standard InChI is InChI=1S/C13H15FN2O3/c14-10-4-3-9(5-11(10)15)13(18)19-7-12(17)16-6-8-1-2-8/h3-5,8H,1-2,6-7,15H2,(H,16,17). The summed E-state index contributed by atoms with van der Waals surface area (Å²) in [7, 11) is 0. The fourth-order valence-electron chi connectivity index (χ4n) is 1.52. The van der Waals surface area contributed by atoms with Crippen molar-refractivity contribution in [2.75, 3.05) is 18.9 Å². The lowest BCUT2D eigenvalue weighted by atomic mass is 10.2. The molecule has 1 aromatic carbocycles. The Morgan fingerprint density at radius 3 is 2.79 bits per heavy atom. The lowest BCUT2D eigenvalue weighted by Crippen LogP contribution is -2.30. The summed E-state index contributed by atoms with van der Waals surface area (Å²) in [4.78, 5) is 22.9. The van der Waals surface area contributed by atoms with Crippen LogP contribution in [0.2, 0.25) is 0 Å². The molecule has 1 fully saturated rings. The largest absolute Gasteiger partial charge is 0.452 e. The molecule has 0 aromatic heterocycles. The van der Waals surface area contributed by atoms with Crippen molar-refractivity contribution in [3.05, 3.63) is 29.6 Å². The summed E-state index contributed by atoms with van der Waals surface area (Å²) in [6.07, 6.45) is 2.27. The number of carbonyl (C=O) groups excluding carboxylic acids is 2. The number of anilines is 1. The van der Waals surface area contributed by atoms with E-state index in [0.29, 0.717) is 12.5 Å². The summed E-state index contributed by atoms with van der Waals surface area (Å²) in [6, 6.07) is 3.52. The minimum Gasteiger partial charge on any atom is -0.452 e. The summed E-state index contributed by atoms with van der Waals surface area (Å²) in [6.45, 7) is 0.280. The topological polar surface area (TPSA) is 81.4 Å². The molecule has 1 saturated carbocycles. The Morgan fingerprint density at radius 1 is 1.42 bits per heavy atom. The highest BCUT2D eigenvalue weighted by atomic mass is 19.1. The monoisotopic (exact) mass is 266 g/mol. The highest BCUT2D eigenvalue weighted by molar-refractivity contribution is 5.92. The molecule has 3 N–H and O–H groups in total. The minimum atomic E-state index is -0.701. The van der Waals surface area contributed by atoms with Gasteiger partial charge in [0.2, 0.25) is 0 Å². The van der Waals surface area contributed by atoms with Crippen LogP contribution in [-0.4, -0.2) is 25.0 Å². The third kappa shape index (κ3) is 3.94. The first-order valence-electron chi connectivity index (χ1n) is 6.05. The summed E-state index contributed by atoms with van der Waals surface area (Å²) in [5.41, 5.74) is 5.33. The minimum absolute atomic E-state index is 0.119. The number of ether oxygens (including phenoxy) is 1. The van der Waals surface area contributed by atoms with Gasteiger partial charge in [-0.3, -0.25) is 4.79 Å². The fraction of sp³-hybridized carbons (Fsp3) is 0.385. The Kier molecular flexibility index (Phi) is 3.99. The number of halogens is 1. The van der Waals surface area contributed by atoms with Crippen LogP contribution in [-0.2, 0) is 9.53 Å². The average Bonchev–Trinajstić information content (AvgIpc) is 3.20. The number of nitrogens with one attached hydrogen (secondary N) is 1. The van der Waals surface area contributed by atoms with E-state index in [2.05, 4.69) is 5.32 Å². The zero-order valence-electron chi connectivity index (χ0n) is 10.3. The van der Waals surface area contributed by atoms with Crippen molar-refractivity contribution in [3.8, 4) is 0 Å². The maximum atomic E-state index is 12.9. The Hall–Kier alpha value is -2.11. The summed E-state index contributed by atoms with van der Waals surface area (Å²) >= 11 is 0. The molecule has 0 saturated heterocycles. The van der Waals surface area contributed by atoms with Gasteiger partial charge >= 0.3 is 5.97 Å². The lowest BCUT2D eigenvalue weighted by Gasteiger charge is -2.06. The molecule has 0 unspecified atom stereocenters. The third-order valence-corrected chi connectivity index (χ3v) is 2.85. The number of nitrogens with two attached hydrogens (primary N) is 1. The third-order valence-electron chi connectivity index (χ3n) is 2.85. The molecule has 0 spiro atoms. The first kappa shape index (κ1) is 13.3. The van der Waals surface area contributed by atoms with Gasteiger partial charge in [0.1, 0.15) is 5.82 Å². The number of nitrogen functional groups attached to an aromatic ring is 1. The van der Waals surface area contributed by atoms with E-state index in [0.717, 1.165) is 18.9 Å². The van der Waals surface area contributed by atoms with Gasteiger partial charge in [-0.25, -0.2) is 9.18 Å². The van der Waals surface area contributed by atoms with E-state index in [-0.39, 0.29) is 23.8 Å². The summed E-state index contributed by atoms with van der Waals surface area (Å²) in [5, 5.41) is 2.67. The van der Waals surface area contributed by atoms with Crippen molar-refractivity contribution < 1.29 is 18.7 Å². The van der Waals surface area contributed by atoms with E-state index in [1.54, 1.807) is 0 Å². The molecular weight excluding hydrogens is 251 g/mol. The van der Waals surface area contributed by atoms with Gasteiger partial charge in [-0.05, 0) is 37.0 Å². The molecule has 0 heterocycles. The van der Waals surface area contributed by atoms with Crippen LogP contribution < -0.4 is 11.1 Å². The number of hydrogen-bond donors (Lipinski definition) is 2. The van der Waals surface area contributed by atoms with E-state index < -0.39 is 11.8 Å². The predicted octanol–water partition coefficient (Wildman–Crippen LogP) is 1.09. The molecule has 0 bridgehead atoms. The molecule has 0 atom stereocenters. The first-order valence-corrected chi connectivity index (χ1v) is 6.05. The van der Waals surface area contributed by atoms with E-state index >= 15 is 0 Å². The molecule has 1 amide bonds. The number of amides is 1. The van der Waals surface area contributed by atoms with Gasteiger partial charge in [-0.1, -0.05) is 0 Å². The van der Waals surface area contributed by atoms with Crippen LogP contribution in [0.4, 0.5) is 10.1 Å². The van der Waals surface area contributed by atoms with Crippen LogP contribution in [0.3, 0.4) is 0 Å². The second-order valence-corrected chi connectivity index (χ2v) is 4.56. The summed E-state index contributed by atoms with van der Waals surface area (Å²) < 4.78 is 17.7. The highest BCUT2D eigenvalue weighted by Gasteiger charge is 2.21. The number of benzene rings is 1. The van der Waals surface area contributed by atoms with E-state index in [1.165, 1.54) is 12.1 Å². The second-order valence-electron chi connectivity index (χ2n) is 4.56. The molecular formula is C13H15FN2O3. The zero-order valence-corrected chi connectivity index (χ0v) is 10.3. The van der Waals surface area contributed by atoms with Crippen molar-refractivity contribution in [1.29, 1.82) is 0 Å². The van der Waals surface area contributed by atoms with Crippen molar-refractivity contribution in [3.63, 3.8) is 0 Å². The molecule has 6 heteroatoms. The number of rotatable bonds is 5.